The van der Waals surface area contributed by atoms with Crippen molar-refractivity contribution in [2.45, 2.75) is 84.1 Å². The van der Waals surface area contributed by atoms with Gasteiger partial charge in [-0.1, -0.05) is 6.08 Å². The van der Waals surface area contributed by atoms with Crippen LogP contribution in [-0.4, -0.2) is 59.2 Å². The first-order valence-electron chi connectivity index (χ1n) is 10.9. The predicted octanol–water partition coefficient (Wildman–Crippen LogP) is 2.01. The van der Waals surface area contributed by atoms with Crippen LogP contribution >= 0.6 is 0 Å². The van der Waals surface area contributed by atoms with Crippen molar-refractivity contribution in [3.63, 3.8) is 0 Å². The Bertz CT molecular complexity index is 1030. The van der Waals surface area contributed by atoms with Gasteiger partial charge in [-0.05, 0) is 46.6 Å². The number of ether oxygens (including phenoxy) is 5. The largest absolute Gasteiger partial charge is 0.461 e. The standard InChI is InChI=1S/C24H28O10/c1-7-12(2)22(29)32-21-16-10-18(27)23(6,34-15(5)26)20(28)17(16)11-30-24(21)19(31-14(4)25)9-8-13(3)33-24/h7,10-11,13,19,21H,8-9H2,1-6H3/b12-7-/t13?,19?,21-,23+,24+/m1/s1. The highest BCUT2D eigenvalue weighted by molar-refractivity contribution is 6.26. The van der Waals surface area contributed by atoms with Crippen molar-refractivity contribution >= 4 is 29.5 Å². The minimum atomic E-state index is -2.10. The Kier molecular flexibility index (Phi) is 6.84. The first-order chi connectivity index (χ1) is 15.9. The van der Waals surface area contributed by atoms with E-state index in [0.29, 0.717) is 12.8 Å². The molecule has 2 aliphatic heterocycles. The summed E-state index contributed by atoms with van der Waals surface area (Å²) in [5.74, 6) is -5.65. The van der Waals surface area contributed by atoms with Gasteiger partial charge >= 0.3 is 17.9 Å². The average Bonchev–Trinajstić information content (AvgIpc) is 2.75. The van der Waals surface area contributed by atoms with Crippen molar-refractivity contribution < 1.29 is 47.7 Å². The van der Waals surface area contributed by atoms with Gasteiger partial charge in [0, 0.05) is 25.0 Å². The number of hydrogen-bond acceptors (Lipinski definition) is 10. The van der Waals surface area contributed by atoms with Crippen molar-refractivity contribution in [3.05, 3.63) is 35.1 Å². The second kappa shape index (κ2) is 9.17. The maximum atomic E-state index is 13.3. The third-order valence-corrected chi connectivity index (χ3v) is 6.06. The zero-order valence-corrected chi connectivity index (χ0v) is 20.0. The van der Waals surface area contributed by atoms with Crippen LogP contribution in [0.25, 0.3) is 0 Å². The van der Waals surface area contributed by atoms with E-state index in [-0.39, 0.29) is 22.8 Å². The van der Waals surface area contributed by atoms with Crippen LogP contribution in [0, 0.1) is 0 Å². The molecule has 10 nitrogen and oxygen atoms in total. The van der Waals surface area contributed by atoms with Gasteiger partial charge in [0.2, 0.25) is 17.2 Å². The molecular formula is C24H28O10. The van der Waals surface area contributed by atoms with Gasteiger partial charge in [0.1, 0.15) is 0 Å². The molecule has 34 heavy (non-hydrogen) atoms. The number of rotatable bonds is 4. The summed E-state index contributed by atoms with van der Waals surface area (Å²) >= 11 is 0. The molecule has 0 aromatic rings. The lowest BCUT2D eigenvalue weighted by Gasteiger charge is -2.50. The van der Waals surface area contributed by atoms with Gasteiger partial charge in [0.05, 0.1) is 17.9 Å². The molecule has 0 bridgehead atoms. The number of carbonyl (C=O) groups is 5. The molecule has 3 rings (SSSR count). The topological polar surface area (TPSA) is 132 Å². The van der Waals surface area contributed by atoms with Crippen molar-refractivity contribution in [2.75, 3.05) is 0 Å². The lowest BCUT2D eigenvalue weighted by Crippen LogP contribution is -2.65. The molecule has 1 spiro atoms. The molecule has 0 amide bonds. The number of hydrogen-bond donors (Lipinski definition) is 0. The first-order valence-corrected chi connectivity index (χ1v) is 10.9. The quantitative estimate of drug-likeness (QED) is 0.257. The van der Waals surface area contributed by atoms with Gasteiger partial charge in [-0.25, -0.2) is 4.79 Å². The zero-order chi connectivity index (χ0) is 25.4. The van der Waals surface area contributed by atoms with Crippen LogP contribution in [0.2, 0.25) is 0 Å². The Morgan fingerprint density at radius 2 is 1.76 bits per heavy atom. The monoisotopic (exact) mass is 476 g/mol. The van der Waals surface area contributed by atoms with E-state index in [1.54, 1.807) is 13.8 Å². The molecule has 2 unspecified atom stereocenters. The zero-order valence-electron chi connectivity index (χ0n) is 20.0. The Labute approximate surface area is 196 Å². The maximum Gasteiger partial charge on any atom is 0.334 e. The average molecular weight is 476 g/mol. The molecule has 2 heterocycles. The fourth-order valence-corrected chi connectivity index (χ4v) is 4.18. The Balaban J connectivity index is 2.18. The highest BCUT2D eigenvalue weighted by Gasteiger charge is 2.63. The van der Waals surface area contributed by atoms with E-state index in [1.807, 2.05) is 0 Å². The summed E-state index contributed by atoms with van der Waals surface area (Å²) in [6.07, 6.45) is 1.71. The van der Waals surface area contributed by atoms with Crippen LogP contribution in [0.1, 0.15) is 54.4 Å². The van der Waals surface area contributed by atoms with E-state index in [4.69, 9.17) is 23.7 Å². The molecular weight excluding hydrogens is 448 g/mol. The van der Waals surface area contributed by atoms with Crippen LogP contribution in [0.4, 0.5) is 0 Å². The number of fused-ring (bicyclic) bond motifs is 1. The van der Waals surface area contributed by atoms with Gasteiger partial charge in [-0.2, -0.15) is 0 Å². The molecule has 1 aliphatic carbocycles. The summed E-state index contributed by atoms with van der Waals surface area (Å²) in [4.78, 5) is 62.5. The van der Waals surface area contributed by atoms with Crippen LogP contribution in [-0.2, 0) is 47.7 Å². The highest BCUT2D eigenvalue weighted by Crippen LogP contribution is 2.46. The normalized spacial score (nSPS) is 33.2. The summed E-state index contributed by atoms with van der Waals surface area (Å²) in [7, 11) is 0. The second-order valence-electron chi connectivity index (χ2n) is 8.65. The molecule has 0 radical (unpaired) electrons. The lowest BCUT2D eigenvalue weighted by molar-refractivity contribution is -0.333. The molecule has 184 valence electrons. The van der Waals surface area contributed by atoms with Crippen molar-refractivity contribution in [1.29, 1.82) is 0 Å². The first kappa shape index (κ1) is 25.4. The van der Waals surface area contributed by atoms with Crippen LogP contribution in [0.3, 0.4) is 0 Å². The fraction of sp³-hybridized carbons (Fsp3) is 0.542. The molecule has 0 N–H and O–H groups in total. The third kappa shape index (κ3) is 4.29. The summed E-state index contributed by atoms with van der Waals surface area (Å²) < 4.78 is 28.3. The molecule has 0 aromatic heterocycles. The maximum absolute atomic E-state index is 13.3. The SMILES string of the molecule is C/C=C(/C)C(=O)O[C@@H]1C2=CC(=O)[C@](C)(OC(C)=O)C(=O)C2=CO[C@@]12OC(C)CCC2OC(C)=O. The Morgan fingerprint density at radius 3 is 2.35 bits per heavy atom. The molecule has 5 atom stereocenters. The van der Waals surface area contributed by atoms with Gasteiger partial charge in [-0.15, -0.1) is 0 Å². The van der Waals surface area contributed by atoms with E-state index in [0.717, 1.165) is 19.3 Å². The summed E-state index contributed by atoms with van der Waals surface area (Å²) in [6, 6.07) is 0. The van der Waals surface area contributed by atoms with E-state index in [2.05, 4.69) is 0 Å². The summed E-state index contributed by atoms with van der Waals surface area (Å²) in [5.41, 5.74) is -1.95. The van der Waals surface area contributed by atoms with Gasteiger partial charge in [0.25, 0.3) is 5.79 Å². The minimum absolute atomic E-state index is 0.00869. The number of allylic oxidation sites excluding steroid dienone is 1. The van der Waals surface area contributed by atoms with Crippen LogP contribution in [0.15, 0.2) is 35.1 Å². The number of Topliss-reactive ketones (excluding diaryl/α,β-unsaturated/α-hetero) is 1. The van der Waals surface area contributed by atoms with E-state index in [9.17, 15) is 24.0 Å². The van der Waals surface area contributed by atoms with Gasteiger partial charge in [0.15, 0.2) is 12.2 Å². The van der Waals surface area contributed by atoms with Crippen molar-refractivity contribution in [2.24, 2.45) is 0 Å². The van der Waals surface area contributed by atoms with Crippen molar-refractivity contribution in [1.82, 2.24) is 0 Å². The number of esters is 3. The molecule has 10 heteroatoms. The number of ketones is 2. The summed E-state index contributed by atoms with van der Waals surface area (Å²) in [5, 5.41) is 0. The van der Waals surface area contributed by atoms with Gasteiger partial charge in [-0.3, -0.25) is 19.2 Å². The van der Waals surface area contributed by atoms with Crippen LogP contribution in [0.5, 0.6) is 0 Å². The third-order valence-electron chi connectivity index (χ3n) is 6.06. The molecule has 0 aromatic carbocycles. The Hall–Kier alpha value is -3.27. The number of carbonyl (C=O) groups excluding carboxylic acids is 5. The van der Waals surface area contributed by atoms with Gasteiger partial charge < -0.3 is 23.7 Å². The molecule has 0 saturated carbocycles. The second-order valence-corrected chi connectivity index (χ2v) is 8.65. The molecule has 3 aliphatic rings. The Morgan fingerprint density at radius 1 is 1.09 bits per heavy atom. The molecule has 1 saturated heterocycles. The highest BCUT2D eigenvalue weighted by atomic mass is 16.7. The minimum Gasteiger partial charge on any atom is -0.461 e. The fourth-order valence-electron chi connectivity index (χ4n) is 4.18. The smallest absolute Gasteiger partial charge is 0.334 e. The van der Waals surface area contributed by atoms with E-state index in [1.165, 1.54) is 26.8 Å². The molecule has 1 fully saturated rings. The van der Waals surface area contributed by atoms with Crippen LogP contribution < -0.4 is 0 Å². The van der Waals surface area contributed by atoms with E-state index < -0.39 is 53.1 Å². The van der Waals surface area contributed by atoms with E-state index >= 15 is 0 Å². The van der Waals surface area contributed by atoms with Crippen molar-refractivity contribution in [3.8, 4) is 0 Å². The predicted molar refractivity (Wildman–Crippen MR) is 115 cm³/mol. The summed E-state index contributed by atoms with van der Waals surface area (Å²) in [6.45, 7) is 8.44. The lowest BCUT2D eigenvalue weighted by atomic mass is 9.75.